The number of hydrogen-bond donors (Lipinski definition) is 0. The molecule has 1 fully saturated rings. The summed E-state index contributed by atoms with van der Waals surface area (Å²) in [6, 6.07) is 13.9. The van der Waals surface area contributed by atoms with Crippen molar-refractivity contribution in [3.63, 3.8) is 0 Å². The van der Waals surface area contributed by atoms with E-state index < -0.39 is 5.92 Å². The predicted molar refractivity (Wildman–Crippen MR) is 93.3 cm³/mol. The number of carbonyl (C=O) groups is 2. The van der Waals surface area contributed by atoms with E-state index in [4.69, 9.17) is 4.74 Å². The highest BCUT2D eigenvalue weighted by atomic mass is 16.5. The molecular weight excluding hydrogens is 300 g/mol. The van der Waals surface area contributed by atoms with Crippen LogP contribution in [0.15, 0.2) is 42.5 Å². The fraction of sp³-hybridized carbons (Fsp3) is 0.333. The van der Waals surface area contributed by atoms with E-state index in [0.29, 0.717) is 25.9 Å². The summed E-state index contributed by atoms with van der Waals surface area (Å²) in [5, 5.41) is 0. The molecule has 0 heterocycles. The SMILES string of the molecule is Cc1cc(OCc2ccccc2)cc(C)c1C1C(=O)CCCC1=O. The highest BCUT2D eigenvalue weighted by molar-refractivity contribution is 6.09. The van der Waals surface area contributed by atoms with Crippen molar-refractivity contribution in [2.24, 2.45) is 0 Å². The molecule has 0 bridgehead atoms. The zero-order valence-electron chi connectivity index (χ0n) is 14.2. The maximum absolute atomic E-state index is 12.3. The minimum atomic E-state index is -0.582. The second-order valence-corrected chi connectivity index (χ2v) is 6.46. The summed E-state index contributed by atoms with van der Waals surface area (Å²) in [5.74, 6) is 0.293. The summed E-state index contributed by atoms with van der Waals surface area (Å²) in [6.45, 7) is 4.40. The molecule has 0 amide bonds. The molecule has 0 radical (unpaired) electrons. The molecule has 0 saturated heterocycles. The largest absolute Gasteiger partial charge is 0.489 e. The van der Waals surface area contributed by atoms with Crippen LogP contribution >= 0.6 is 0 Å². The van der Waals surface area contributed by atoms with Crippen LogP contribution in [-0.2, 0) is 16.2 Å². The van der Waals surface area contributed by atoms with Crippen molar-refractivity contribution >= 4 is 11.6 Å². The lowest BCUT2D eigenvalue weighted by atomic mass is 9.78. The lowest BCUT2D eigenvalue weighted by molar-refractivity contribution is -0.131. The monoisotopic (exact) mass is 322 g/mol. The average Bonchev–Trinajstić information content (AvgIpc) is 2.56. The van der Waals surface area contributed by atoms with Gasteiger partial charge in [0.15, 0.2) is 0 Å². The number of ether oxygens (including phenoxy) is 1. The van der Waals surface area contributed by atoms with Crippen LogP contribution in [0, 0.1) is 13.8 Å². The first-order valence-corrected chi connectivity index (χ1v) is 8.39. The maximum atomic E-state index is 12.3. The van der Waals surface area contributed by atoms with E-state index in [0.717, 1.165) is 28.0 Å². The average molecular weight is 322 g/mol. The van der Waals surface area contributed by atoms with Crippen molar-refractivity contribution in [1.82, 2.24) is 0 Å². The topological polar surface area (TPSA) is 43.4 Å². The Kier molecular flexibility index (Phi) is 4.79. The molecular formula is C21H22O3. The highest BCUT2D eigenvalue weighted by Gasteiger charge is 2.33. The normalized spacial score (nSPS) is 15.6. The second-order valence-electron chi connectivity index (χ2n) is 6.46. The summed E-state index contributed by atoms with van der Waals surface area (Å²) in [4.78, 5) is 24.5. The van der Waals surface area contributed by atoms with Crippen LogP contribution in [0.2, 0.25) is 0 Å². The quantitative estimate of drug-likeness (QED) is 0.789. The summed E-state index contributed by atoms with van der Waals surface area (Å²) in [5.41, 5.74) is 3.88. The van der Waals surface area contributed by atoms with Crippen molar-refractivity contribution < 1.29 is 14.3 Å². The molecule has 0 aromatic heterocycles. The summed E-state index contributed by atoms with van der Waals surface area (Å²) < 4.78 is 5.88. The summed E-state index contributed by atoms with van der Waals surface area (Å²) >= 11 is 0. The molecule has 2 aromatic rings. The van der Waals surface area contributed by atoms with Gasteiger partial charge in [0.25, 0.3) is 0 Å². The summed E-state index contributed by atoms with van der Waals surface area (Å²) in [7, 11) is 0. The Bertz CT molecular complexity index is 723. The standard InChI is InChI=1S/C21H22O3/c1-14-11-17(24-13-16-7-4-3-5-8-16)12-15(2)20(14)21-18(22)9-6-10-19(21)23/h3-5,7-8,11-12,21H,6,9-10,13H2,1-2H3. The number of rotatable bonds is 4. The molecule has 1 aliphatic rings. The first kappa shape index (κ1) is 16.4. The Morgan fingerprint density at radius 2 is 1.54 bits per heavy atom. The van der Waals surface area contributed by atoms with Crippen LogP contribution < -0.4 is 4.74 Å². The van der Waals surface area contributed by atoms with E-state index in [1.54, 1.807) is 0 Å². The van der Waals surface area contributed by atoms with Crippen molar-refractivity contribution in [3.8, 4) is 5.75 Å². The molecule has 1 saturated carbocycles. The highest BCUT2D eigenvalue weighted by Crippen LogP contribution is 2.34. The van der Waals surface area contributed by atoms with Gasteiger partial charge in [-0.25, -0.2) is 0 Å². The molecule has 0 atom stereocenters. The van der Waals surface area contributed by atoms with Crippen LogP contribution in [0.5, 0.6) is 5.75 Å². The van der Waals surface area contributed by atoms with Gasteiger partial charge in [0.2, 0.25) is 0 Å². The molecule has 3 rings (SSSR count). The van der Waals surface area contributed by atoms with E-state index in [9.17, 15) is 9.59 Å². The van der Waals surface area contributed by atoms with Gasteiger partial charge in [-0.2, -0.15) is 0 Å². The van der Waals surface area contributed by atoms with E-state index in [-0.39, 0.29) is 11.6 Å². The minimum Gasteiger partial charge on any atom is -0.489 e. The molecule has 0 unspecified atom stereocenters. The maximum Gasteiger partial charge on any atom is 0.147 e. The fourth-order valence-electron chi connectivity index (χ4n) is 3.44. The van der Waals surface area contributed by atoms with Gasteiger partial charge in [0, 0.05) is 12.8 Å². The zero-order valence-corrected chi connectivity index (χ0v) is 14.2. The van der Waals surface area contributed by atoms with Crippen molar-refractivity contribution in [2.75, 3.05) is 0 Å². The molecule has 0 spiro atoms. The van der Waals surface area contributed by atoms with Gasteiger partial charge in [-0.3, -0.25) is 9.59 Å². The van der Waals surface area contributed by atoms with Crippen LogP contribution in [0.4, 0.5) is 0 Å². The Balaban J connectivity index is 1.83. The van der Waals surface area contributed by atoms with Gasteiger partial charge in [-0.1, -0.05) is 30.3 Å². The zero-order chi connectivity index (χ0) is 17.1. The fourth-order valence-corrected chi connectivity index (χ4v) is 3.44. The minimum absolute atomic E-state index is 0.0513. The molecule has 24 heavy (non-hydrogen) atoms. The van der Waals surface area contributed by atoms with Gasteiger partial charge in [0.1, 0.15) is 29.8 Å². The third-order valence-electron chi connectivity index (χ3n) is 4.59. The third-order valence-corrected chi connectivity index (χ3v) is 4.59. The smallest absolute Gasteiger partial charge is 0.147 e. The predicted octanol–water partition coefficient (Wildman–Crippen LogP) is 4.29. The molecule has 0 N–H and O–H groups in total. The van der Waals surface area contributed by atoms with Crippen LogP contribution in [0.3, 0.4) is 0 Å². The Morgan fingerprint density at radius 3 is 2.12 bits per heavy atom. The van der Waals surface area contributed by atoms with Gasteiger partial charge >= 0.3 is 0 Å². The van der Waals surface area contributed by atoms with Crippen molar-refractivity contribution in [1.29, 1.82) is 0 Å². The number of Topliss-reactive ketones (excluding diaryl/α,β-unsaturated/α-hetero) is 2. The lowest BCUT2D eigenvalue weighted by Crippen LogP contribution is -2.27. The van der Waals surface area contributed by atoms with E-state index in [2.05, 4.69) is 0 Å². The number of benzene rings is 2. The van der Waals surface area contributed by atoms with Crippen molar-refractivity contribution in [2.45, 2.75) is 45.6 Å². The van der Waals surface area contributed by atoms with Gasteiger partial charge < -0.3 is 4.74 Å². The number of ketones is 2. The first-order chi connectivity index (χ1) is 11.6. The van der Waals surface area contributed by atoms with E-state index >= 15 is 0 Å². The Morgan fingerprint density at radius 1 is 0.958 bits per heavy atom. The van der Waals surface area contributed by atoms with E-state index in [1.807, 2.05) is 56.3 Å². The van der Waals surface area contributed by atoms with Crippen LogP contribution in [-0.4, -0.2) is 11.6 Å². The molecule has 1 aliphatic carbocycles. The lowest BCUT2D eigenvalue weighted by Gasteiger charge is -2.23. The Labute approximate surface area is 142 Å². The Hall–Kier alpha value is -2.42. The molecule has 3 heteroatoms. The van der Waals surface area contributed by atoms with Crippen LogP contribution in [0.1, 0.15) is 47.4 Å². The number of carbonyl (C=O) groups excluding carboxylic acids is 2. The second kappa shape index (κ2) is 7.00. The van der Waals surface area contributed by atoms with E-state index in [1.165, 1.54) is 0 Å². The van der Waals surface area contributed by atoms with Gasteiger partial charge in [0.05, 0.1) is 0 Å². The molecule has 124 valence electrons. The van der Waals surface area contributed by atoms with Crippen LogP contribution in [0.25, 0.3) is 0 Å². The van der Waals surface area contributed by atoms with Gasteiger partial charge in [-0.05, 0) is 54.7 Å². The van der Waals surface area contributed by atoms with Crippen molar-refractivity contribution in [3.05, 3.63) is 64.7 Å². The molecule has 0 aliphatic heterocycles. The number of hydrogen-bond acceptors (Lipinski definition) is 3. The number of aryl methyl sites for hydroxylation is 2. The third kappa shape index (κ3) is 3.40. The summed E-state index contributed by atoms with van der Waals surface area (Å²) in [6.07, 6.45) is 1.69. The first-order valence-electron chi connectivity index (χ1n) is 8.39. The van der Waals surface area contributed by atoms with Gasteiger partial charge in [-0.15, -0.1) is 0 Å². The molecule has 2 aromatic carbocycles. The molecule has 3 nitrogen and oxygen atoms in total.